The van der Waals surface area contributed by atoms with E-state index in [1.54, 1.807) is 12.1 Å². The Morgan fingerprint density at radius 2 is 1.82 bits per heavy atom. The summed E-state index contributed by atoms with van der Waals surface area (Å²) in [7, 11) is 0. The highest BCUT2D eigenvalue weighted by Gasteiger charge is 1.90. The lowest BCUT2D eigenvalue weighted by molar-refractivity contribution is -0.107. The van der Waals surface area contributed by atoms with Crippen LogP contribution in [-0.4, -0.2) is 6.29 Å². The normalized spacial score (nSPS) is 8.45. The van der Waals surface area contributed by atoms with Crippen LogP contribution in [0.15, 0.2) is 24.3 Å². The van der Waals surface area contributed by atoms with Crippen molar-refractivity contribution in [3.8, 4) is 0 Å². The summed E-state index contributed by atoms with van der Waals surface area (Å²) in [6, 6.07) is 5.89. The van der Waals surface area contributed by atoms with E-state index in [1.165, 1.54) is 12.1 Å². The highest BCUT2D eigenvalue weighted by atomic mass is 19.1. The van der Waals surface area contributed by atoms with Crippen LogP contribution >= 0.6 is 0 Å². The molecule has 60 valence electrons. The molecule has 0 saturated carbocycles. The van der Waals surface area contributed by atoms with E-state index in [0.717, 1.165) is 11.8 Å². The fourth-order valence-corrected chi connectivity index (χ4v) is 0.717. The van der Waals surface area contributed by atoms with E-state index in [1.807, 2.05) is 0 Å². The lowest BCUT2D eigenvalue weighted by Gasteiger charge is -1.91. The number of benzene rings is 1. The van der Waals surface area contributed by atoms with E-state index < -0.39 is 0 Å². The molecule has 0 radical (unpaired) electrons. The lowest BCUT2D eigenvalue weighted by atomic mass is 10.2. The van der Waals surface area contributed by atoms with E-state index in [0.29, 0.717) is 6.42 Å². The monoisotopic (exact) mass is 154 g/mol. The lowest BCUT2D eigenvalue weighted by Crippen LogP contribution is -1.84. The largest absolute Gasteiger partial charge is 0.303 e. The molecule has 1 nitrogen and oxygen atoms in total. The van der Waals surface area contributed by atoms with Gasteiger partial charge in [-0.2, -0.15) is 0 Å². The van der Waals surface area contributed by atoms with Gasteiger partial charge in [0, 0.05) is 6.42 Å². The van der Waals surface area contributed by atoms with Crippen molar-refractivity contribution in [2.24, 2.45) is 0 Å². The standard InChI is InChI=1S/C8H7FO.CH4/c9-8-3-1-7(2-4-8)5-6-10;/h1-4,6H,5H2;1H4. The first-order valence-corrected chi connectivity index (χ1v) is 3.01. The van der Waals surface area contributed by atoms with E-state index in [4.69, 9.17) is 0 Å². The molecule has 1 rings (SSSR count). The van der Waals surface area contributed by atoms with Crippen molar-refractivity contribution in [2.45, 2.75) is 13.8 Å². The minimum atomic E-state index is -0.269. The van der Waals surface area contributed by atoms with Crippen LogP contribution in [0.1, 0.15) is 13.0 Å². The Hall–Kier alpha value is -1.18. The van der Waals surface area contributed by atoms with Gasteiger partial charge in [0.25, 0.3) is 0 Å². The maximum absolute atomic E-state index is 12.2. The maximum atomic E-state index is 12.2. The predicted octanol–water partition coefficient (Wildman–Crippen LogP) is 2.20. The van der Waals surface area contributed by atoms with Crippen molar-refractivity contribution < 1.29 is 9.18 Å². The first-order chi connectivity index (χ1) is 4.83. The number of aldehydes is 1. The molecule has 0 N–H and O–H groups in total. The Balaban J connectivity index is 0.000001000. The van der Waals surface area contributed by atoms with E-state index in [-0.39, 0.29) is 13.2 Å². The molecule has 0 aliphatic heterocycles. The van der Waals surface area contributed by atoms with Crippen molar-refractivity contribution in [1.29, 1.82) is 0 Å². The molecular formula is C9H11FO. The number of hydrogen-bond acceptors (Lipinski definition) is 1. The summed E-state index contributed by atoms with van der Waals surface area (Å²) in [5.41, 5.74) is 0.844. The maximum Gasteiger partial charge on any atom is 0.124 e. The molecule has 0 aromatic heterocycles. The Kier molecular flexibility index (Phi) is 4.11. The van der Waals surface area contributed by atoms with Gasteiger partial charge < -0.3 is 4.79 Å². The second-order valence-electron chi connectivity index (χ2n) is 2.00. The molecular weight excluding hydrogens is 143 g/mol. The first kappa shape index (κ1) is 9.82. The number of rotatable bonds is 2. The zero-order valence-corrected chi connectivity index (χ0v) is 5.38. The average molecular weight is 154 g/mol. The molecule has 0 spiro atoms. The van der Waals surface area contributed by atoms with E-state index in [2.05, 4.69) is 0 Å². The second kappa shape index (κ2) is 4.61. The molecule has 0 fully saturated rings. The molecule has 2 heteroatoms. The fourth-order valence-electron chi connectivity index (χ4n) is 0.717. The van der Waals surface area contributed by atoms with E-state index in [9.17, 15) is 9.18 Å². The summed E-state index contributed by atoms with van der Waals surface area (Å²) in [6.07, 6.45) is 1.16. The summed E-state index contributed by atoms with van der Waals surface area (Å²) in [5.74, 6) is -0.269. The van der Waals surface area contributed by atoms with Crippen LogP contribution in [-0.2, 0) is 11.2 Å². The van der Waals surface area contributed by atoms with Crippen LogP contribution < -0.4 is 0 Å². The third-order valence-corrected chi connectivity index (χ3v) is 1.23. The number of carbonyl (C=O) groups excluding carboxylic acids is 1. The topological polar surface area (TPSA) is 17.1 Å². The predicted molar refractivity (Wildman–Crippen MR) is 42.9 cm³/mol. The fraction of sp³-hybridized carbons (Fsp3) is 0.222. The first-order valence-electron chi connectivity index (χ1n) is 3.01. The number of hydrogen-bond donors (Lipinski definition) is 0. The summed E-state index contributed by atoms with van der Waals surface area (Å²) >= 11 is 0. The van der Waals surface area contributed by atoms with Gasteiger partial charge in [0.1, 0.15) is 12.1 Å². The van der Waals surface area contributed by atoms with Crippen LogP contribution in [0, 0.1) is 5.82 Å². The average Bonchev–Trinajstić information content (AvgIpc) is 1.95. The smallest absolute Gasteiger partial charge is 0.124 e. The summed E-state index contributed by atoms with van der Waals surface area (Å²) in [6.45, 7) is 0. The van der Waals surface area contributed by atoms with Crippen LogP contribution in [0.5, 0.6) is 0 Å². The highest BCUT2D eigenvalue weighted by molar-refractivity contribution is 5.54. The Morgan fingerprint density at radius 3 is 2.27 bits per heavy atom. The molecule has 0 bridgehead atoms. The van der Waals surface area contributed by atoms with Crippen molar-refractivity contribution in [1.82, 2.24) is 0 Å². The van der Waals surface area contributed by atoms with Crippen LogP contribution in [0.3, 0.4) is 0 Å². The Morgan fingerprint density at radius 1 is 1.27 bits per heavy atom. The molecule has 0 amide bonds. The van der Waals surface area contributed by atoms with Crippen molar-refractivity contribution in [3.63, 3.8) is 0 Å². The molecule has 1 aromatic rings. The summed E-state index contributed by atoms with van der Waals surface area (Å²) in [4.78, 5) is 9.97. The minimum absolute atomic E-state index is 0. The third-order valence-electron chi connectivity index (χ3n) is 1.23. The molecule has 0 heterocycles. The Bertz CT molecular complexity index is 216. The van der Waals surface area contributed by atoms with Gasteiger partial charge in [-0.1, -0.05) is 19.6 Å². The van der Waals surface area contributed by atoms with Gasteiger partial charge >= 0.3 is 0 Å². The summed E-state index contributed by atoms with van der Waals surface area (Å²) in [5, 5.41) is 0. The number of halogens is 1. The zero-order valence-electron chi connectivity index (χ0n) is 5.38. The van der Waals surface area contributed by atoms with Gasteiger partial charge in [0.15, 0.2) is 0 Å². The van der Waals surface area contributed by atoms with Crippen LogP contribution in [0.25, 0.3) is 0 Å². The quantitative estimate of drug-likeness (QED) is 0.597. The SMILES string of the molecule is C.O=CCc1ccc(F)cc1. The molecule has 1 aromatic carbocycles. The minimum Gasteiger partial charge on any atom is -0.303 e. The van der Waals surface area contributed by atoms with E-state index >= 15 is 0 Å². The van der Waals surface area contributed by atoms with Gasteiger partial charge in [0.2, 0.25) is 0 Å². The molecule has 0 saturated heterocycles. The Labute approximate surface area is 65.9 Å². The van der Waals surface area contributed by atoms with Crippen molar-refractivity contribution in [3.05, 3.63) is 35.6 Å². The van der Waals surface area contributed by atoms with Gasteiger partial charge in [-0.05, 0) is 17.7 Å². The van der Waals surface area contributed by atoms with Gasteiger partial charge in [0.05, 0.1) is 0 Å². The number of carbonyl (C=O) groups is 1. The molecule has 0 atom stereocenters. The van der Waals surface area contributed by atoms with Gasteiger partial charge in [-0.25, -0.2) is 4.39 Å². The second-order valence-corrected chi connectivity index (χ2v) is 2.00. The highest BCUT2D eigenvalue weighted by Crippen LogP contribution is 2.01. The van der Waals surface area contributed by atoms with Gasteiger partial charge in [-0.3, -0.25) is 0 Å². The van der Waals surface area contributed by atoms with Crippen molar-refractivity contribution in [2.75, 3.05) is 0 Å². The van der Waals surface area contributed by atoms with Crippen LogP contribution in [0.2, 0.25) is 0 Å². The van der Waals surface area contributed by atoms with Crippen LogP contribution in [0.4, 0.5) is 4.39 Å². The molecule has 0 unspecified atom stereocenters. The molecule has 0 aliphatic rings. The zero-order chi connectivity index (χ0) is 7.40. The molecule has 11 heavy (non-hydrogen) atoms. The third kappa shape index (κ3) is 2.94. The van der Waals surface area contributed by atoms with Gasteiger partial charge in [-0.15, -0.1) is 0 Å². The van der Waals surface area contributed by atoms with Crippen molar-refractivity contribution >= 4 is 6.29 Å². The summed E-state index contributed by atoms with van der Waals surface area (Å²) < 4.78 is 12.2. The molecule has 0 aliphatic carbocycles.